The number of carbonyl (C=O) groups is 1. The van der Waals surface area contributed by atoms with E-state index < -0.39 is 0 Å². The van der Waals surface area contributed by atoms with Gasteiger partial charge in [0.25, 0.3) is 0 Å². The van der Waals surface area contributed by atoms with Crippen LogP contribution in [0.3, 0.4) is 0 Å². The molecule has 2 aromatic rings. The number of hydrogen-bond acceptors (Lipinski definition) is 4. The van der Waals surface area contributed by atoms with Gasteiger partial charge in [0.1, 0.15) is 11.3 Å². The zero-order valence-corrected chi connectivity index (χ0v) is 14.2. The maximum atomic E-state index is 12.9. The largest absolute Gasteiger partial charge is 0.378 e. The minimum absolute atomic E-state index is 0.0570. The highest BCUT2D eigenvalue weighted by atomic mass is 35.5. The van der Waals surface area contributed by atoms with Crippen LogP contribution >= 0.6 is 11.6 Å². The maximum Gasteiger partial charge on any atom is 0.231 e. The number of hydrogen-bond donors (Lipinski definition) is 0. The summed E-state index contributed by atoms with van der Waals surface area (Å²) in [6.07, 6.45) is 9.30. The fourth-order valence-corrected chi connectivity index (χ4v) is 4.96. The van der Waals surface area contributed by atoms with Crippen molar-refractivity contribution in [1.29, 1.82) is 0 Å². The third-order valence-electron chi connectivity index (χ3n) is 6.06. The normalized spacial score (nSPS) is 31.0. The lowest BCUT2D eigenvalue weighted by molar-refractivity contribution is -0.134. The Balaban J connectivity index is 1.48. The van der Waals surface area contributed by atoms with Crippen molar-refractivity contribution >= 4 is 23.0 Å². The Hall–Kier alpha value is -1.66. The molecular weight excluding hydrogens is 328 g/mol. The molecule has 1 aliphatic carbocycles. The Morgan fingerprint density at radius 3 is 2.92 bits per heavy atom. The molecule has 3 fully saturated rings. The molecule has 24 heavy (non-hydrogen) atoms. The highest BCUT2D eigenvalue weighted by Gasteiger charge is 2.67. The Morgan fingerprint density at radius 1 is 1.33 bits per heavy atom. The van der Waals surface area contributed by atoms with Gasteiger partial charge in [0.15, 0.2) is 5.15 Å². The van der Waals surface area contributed by atoms with E-state index in [-0.39, 0.29) is 29.4 Å². The number of fused-ring (bicyclic) bond motifs is 2. The highest BCUT2D eigenvalue weighted by molar-refractivity contribution is 6.32. The first kappa shape index (κ1) is 14.7. The van der Waals surface area contributed by atoms with E-state index in [0.29, 0.717) is 11.7 Å². The van der Waals surface area contributed by atoms with Gasteiger partial charge in [-0.25, -0.2) is 9.97 Å². The molecule has 4 heterocycles. The van der Waals surface area contributed by atoms with Gasteiger partial charge in [0, 0.05) is 32.0 Å². The van der Waals surface area contributed by atoms with Crippen LogP contribution in [0.25, 0.3) is 5.52 Å². The summed E-state index contributed by atoms with van der Waals surface area (Å²) in [6.45, 7) is 0.712. The summed E-state index contributed by atoms with van der Waals surface area (Å²) >= 11 is 6.15. The molecule has 0 N–H and O–H groups in total. The molecule has 3 atom stereocenters. The lowest BCUT2D eigenvalue weighted by atomic mass is 9.89. The van der Waals surface area contributed by atoms with Crippen molar-refractivity contribution < 1.29 is 9.53 Å². The van der Waals surface area contributed by atoms with Gasteiger partial charge in [-0.1, -0.05) is 11.6 Å². The highest BCUT2D eigenvalue weighted by Crippen LogP contribution is 2.58. The van der Waals surface area contributed by atoms with Gasteiger partial charge in [0.2, 0.25) is 5.91 Å². The van der Waals surface area contributed by atoms with E-state index in [1.54, 1.807) is 19.5 Å². The number of methoxy groups -OCH3 is 1. The fraction of sp³-hybridized carbons (Fsp3) is 0.588. The predicted molar refractivity (Wildman–Crippen MR) is 87.9 cm³/mol. The smallest absolute Gasteiger partial charge is 0.231 e. The molecule has 2 aromatic heterocycles. The molecule has 0 radical (unpaired) electrons. The van der Waals surface area contributed by atoms with E-state index in [2.05, 4.69) is 14.9 Å². The van der Waals surface area contributed by atoms with E-state index in [9.17, 15) is 4.79 Å². The Morgan fingerprint density at radius 2 is 2.17 bits per heavy atom. The van der Waals surface area contributed by atoms with Gasteiger partial charge in [-0.15, -0.1) is 0 Å². The van der Waals surface area contributed by atoms with Crippen molar-refractivity contribution in [3.05, 3.63) is 29.6 Å². The van der Waals surface area contributed by atoms with Crippen LogP contribution in [-0.2, 0) is 9.53 Å². The Labute approximate surface area is 144 Å². The molecule has 3 aliphatic rings. The molecule has 1 spiro atoms. The van der Waals surface area contributed by atoms with E-state index >= 15 is 0 Å². The quantitative estimate of drug-likeness (QED) is 0.837. The molecule has 1 unspecified atom stereocenters. The lowest BCUT2D eigenvalue weighted by Gasteiger charge is -2.36. The minimum atomic E-state index is -0.226. The summed E-state index contributed by atoms with van der Waals surface area (Å²) in [5.74, 6) is 1.47. The van der Waals surface area contributed by atoms with E-state index in [1.165, 1.54) is 0 Å². The third-order valence-corrected chi connectivity index (χ3v) is 6.35. The number of ether oxygens (including phenoxy) is 1. The van der Waals surface area contributed by atoms with Gasteiger partial charge < -0.3 is 9.64 Å². The first-order chi connectivity index (χ1) is 11.7. The summed E-state index contributed by atoms with van der Waals surface area (Å²) in [6, 6.07) is 0.220. The number of nitrogens with zero attached hydrogens (tertiary/aromatic N) is 4. The number of imidazole rings is 1. The van der Waals surface area contributed by atoms with Gasteiger partial charge in [-0.2, -0.15) is 0 Å². The SMILES string of the molecule is CO[C@@H]1C2CC[C@@H](c3ncc4c(Cl)nccn34)CN2C(=O)C12CC2. The van der Waals surface area contributed by atoms with Gasteiger partial charge in [-0.05, 0) is 25.7 Å². The van der Waals surface area contributed by atoms with Crippen LogP contribution < -0.4 is 0 Å². The average molecular weight is 347 g/mol. The Kier molecular flexibility index (Phi) is 3.01. The molecule has 1 saturated carbocycles. The average Bonchev–Trinajstić information content (AvgIpc) is 3.20. The van der Waals surface area contributed by atoms with Crippen LogP contribution in [0.4, 0.5) is 0 Å². The third kappa shape index (κ3) is 1.78. The number of rotatable bonds is 2. The molecule has 5 rings (SSSR count). The lowest BCUT2D eigenvalue weighted by Crippen LogP contribution is -2.44. The van der Waals surface area contributed by atoms with Crippen LogP contribution in [0.5, 0.6) is 0 Å². The van der Waals surface area contributed by atoms with Crippen LogP contribution in [0.1, 0.15) is 37.4 Å². The minimum Gasteiger partial charge on any atom is -0.378 e. The second-order valence-electron chi connectivity index (χ2n) is 7.20. The molecule has 1 amide bonds. The molecule has 7 heteroatoms. The molecule has 0 bridgehead atoms. The number of carbonyl (C=O) groups excluding carboxylic acids is 1. The van der Waals surface area contributed by atoms with Crippen LogP contribution in [0.2, 0.25) is 5.15 Å². The molecule has 126 valence electrons. The summed E-state index contributed by atoms with van der Waals surface area (Å²) < 4.78 is 7.73. The van der Waals surface area contributed by atoms with Crippen molar-refractivity contribution in [2.45, 2.75) is 43.7 Å². The van der Waals surface area contributed by atoms with Crippen molar-refractivity contribution in [1.82, 2.24) is 19.3 Å². The van der Waals surface area contributed by atoms with Crippen molar-refractivity contribution in [2.24, 2.45) is 5.41 Å². The predicted octanol–water partition coefficient (Wildman–Crippen LogP) is 2.27. The number of halogens is 1. The fourth-order valence-electron chi connectivity index (χ4n) is 4.76. The molecule has 6 nitrogen and oxygen atoms in total. The summed E-state index contributed by atoms with van der Waals surface area (Å²) in [5.41, 5.74) is 0.591. The molecule has 2 saturated heterocycles. The first-order valence-electron chi connectivity index (χ1n) is 8.47. The second kappa shape index (κ2) is 4.92. The van der Waals surface area contributed by atoms with E-state index in [0.717, 1.165) is 37.0 Å². The van der Waals surface area contributed by atoms with Crippen LogP contribution in [0.15, 0.2) is 18.6 Å². The van der Waals surface area contributed by atoms with Gasteiger partial charge in [-0.3, -0.25) is 9.20 Å². The number of aromatic nitrogens is 3. The molecule has 0 aromatic carbocycles. The summed E-state index contributed by atoms with van der Waals surface area (Å²) in [4.78, 5) is 23.7. The number of piperidine rings is 1. The maximum absolute atomic E-state index is 12.9. The van der Waals surface area contributed by atoms with Crippen LogP contribution in [-0.4, -0.2) is 51.0 Å². The standard InChI is InChI=1S/C17H19ClN4O2/c1-24-13-11-3-2-10(9-22(11)16(23)17(13)4-5-17)15-20-8-12-14(18)19-6-7-21(12)15/h6-8,10-11,13H,2-5,9H2,1H3/t10-,11?,13-/m1/s1. The van der Waals surface area contributed by atoms with E-state index in [4.69, 9.17) is 16.3 Å². The zero-order chi connectivity index (χ0) is 16.5. The van der Waals surface area contributed by atoms with Crippen molar-refractivity contribution in [2.75, 3.05) is 13.7 Å². The van der Waals surface area contributed by atoms with Crippen molar-refractivity contribution in [3.8, 4) is 0 Å². The molecule has 2 aliphatic heterocycles. The van der Waals surface area contributed by atoms with Crippen LogP contribution in [0, 0.1) is 5.41 Å². The zero-order valence-electron chi connectivity index (χ0n) is 13.5. The Bertz CT molecular complexity index is 831. The topological polar surface area (TPSA) is 59.7 Å². The first-order valence-corrected chi connectivity index (χ1v) is 8.85. The molecular formula is C17H19ClN4O2. The summed E-state index contributed by atoms with van der Waals surface area (Å²) in [7, 11) is 1.74. The second-order valence-corrected chi connectivity index (χ2v) is 7.56. The van der Waals surface area contributed by atoms with Crippen molar-refractivity contribution in [3.63, 3.8) is 0 Å². The van der Waals surface area contributed by atoms with E-state index in [1.807, 2.05) is 10.6 Å². The van der Waals surface area contributed by atoms with Gasteiger partial charge in [0.05, 0.1) is 23.8 Å². The monoisotopic (exact) mass is 346 g/mol. The van der Waals surface area contributed by atoms with Gasteiger partial charge >= 0.3 is 0 Å². The summed E-state index contributed by atoms with van der Waals surface area (Å²) in [5, 5.41) is 0.457. The number of amides is 1.